The van der Waals surface area contributed by atoms with Gasteiger partial charge in [-0.05, 0) is 30.2 Å². The van der Waals surface area contributed by atoms with Gasteiger partial charge in [0.15, 0.2) is 0 Å². The fourth-order valence-electron chi connectivity index (χ4n) is 4.08. The quantitative estimate of drug-likeness (QED) is 0.677. The summed E-state index contributed by atoms with van der Waals surface area (Å²) in [5, 5.41) is 1.28. The Bertz CT molecular complexity index is 949. The fourth-order valence-corrected chi connectivity index (χ4v) is 4.08. The van der Waals surface area contributed by atoms with E-state index in [9.17, 15) is 4.79 Å². The molecular weight excluding hydrogens is 322 g/mol. The molecule has 3 heterocycles. The lowest BCUT2D eigenvalue weighted by Crippen LogP contribution is -2.51. The van der Waals surface area contributed by atoms with Crippen molar-refractivity contribution in [3.63, 3.8) is 0 Å². The molecule has 0 spiro atoms. The topological polar surface area (TPSA) is 39.3 Å². The van der Waals surface area contributed by atoms with Gasteiger partial charge in [0, 0.05) is 24.5 Å². The summed E-state index contributed by atoms with van der Waals surface area (Å²) < 4.78 is 0. The van der Waals surface area contributed by atoms with E-state index >= 15 is 0 Å². The standard InChI is InChI=1S/C19H17N3O.ClH/c1-21-16-9-5-3-7-14(16)19(23)22-11-10-13-12-6-2-4-8-15(12)20-17(13)18(21)22;/h2-9,18,20H,10-11H2,1H3;1H/t18-;/m1./s1. The number of carbonyl (C=O) groups excluding carboxylic acids is 1. The van der Waals surface area contributed by atoms with E-state index in [1.807, 2.05) is 35.2 Å². The molecule has 0 radical (unpaired) electrons. The number of amides is 1. The molecule has 1 atom stereocenters. The number of aromatic nitrogens is 1. The third kappa shape index (κ3) is 1.83. The van der Waals surface area contributed by atoms with Crippen LogP contribution in [-0.4, -0.2) is 29.4 Å². The Morgan fingerprint density at radius 3 is 2.71 bits per heavy atom. The van der Waals surface area contributed by atoms with Crippen molar-refractivity contribution in [2.75, 3.05) is 18.5 Å². The third-order valence-electron chi connectivity index (χ3n) is 5.14. The Morgan fingerprint density at radius 1 is 1.08 bits per heavy atom. The van der Waals surface area contributed by atoms with Gasteiger partial charge < -0.3 is 14.8 Å². The van der Waals surface area contributed by atoms with Crippen molar-refractivity contribution in [3.05, 3.63) is 65.4 Å². The highest BCUT2D eigenvalue weighted by Crippen LogP contribution is 2.42. The lowest BCUT2D eigenvalue weighted by Gasteiger charge is -2.46. The number of halogens is 1. The van der Waals surface area contributed by atoms with E-state index in [0.29, 0.717) is 0 Å². The van der Waals surface area contributed by atoms with Gasteiger partial charge in [0.1, 0.15) is 6.17 Å². The van der Waals surface area contributed by atoms with Crippen LogP contribution in [0.25, 0.3) is 10.9 Å². The van der Waals surface area contributed by atoms with Crippen molar-refractivity contribution in [1.82, 2.24) is 9.88 Å². The number of benzene rings is 2. The number of para-hydroxylation sites is 2. The van der Waals surface area contributed by atoms with Crippen molar-refractivity contribution in [2.24, 2.45) is 0 Å². The number of anilines is 1. The van der Waals surface area contributed by atoms with Crippen molar-refractivity contribution in [3.8, 4) is 0 Å². The Balaban J connectivity index is 0.00000146. The van der Waals surface area contributed by atoms with Crippen LogP contribution in [0.4, 0.5) is 5.69 Å². The monoisotopic (exact) mass is 339 g/mol. The van der Waals surface area contributed by atoms with Crippen molar-refractivity contribution < 1.29 is 4.79 Å². The highest BCUT2D eigenvalue weighted by molar-refractivity contribution is 6.02. The fraction of sp³-hybridized carbons (Fsp3) is 0.211. The minimum Gasteiger partial charge on any atom is -0.355 e. The summed E-state index contributed by atoms with van der Waals surface area (Å²) in [6, 6.07) is 16.3. The lowest BCUT2D eigenvalue weighted by molar-refractivity contribution is 0.0634. The van der Waals surface area contributed by atoms with Gasteiger partial charge in [0.05, 0.1) is 16.9 Å². The lowest BCUT2D eigenvalue weighted by atomic mass is 9.96. The Kier molecular flexibility index (Phi) is 3.32. The number of fused-ring (bicyclic) bond motifs is 6. The van der Waals surface area contributed by atoms with E-state index in [4.69, 9.17) is 0 Å². The molecular formula is C19H18ClN3O. The largest absolute Gasteiger partial charge is 0.355 e. The number of rotatable bonds is 0. The molecule has 24 heavy (non-hydrogen) atoms. The van der Waals surface area contributed by atoms with Gasteiger partial charge >= 0.3 is 0 Å². The number of hydrogen-bond acceptors (Lipinski definition) is 2. The maximum absolute atomic E-state index is 12.9. The van der Waals surface area contributed by atoms with E-state index in [1.165, 1.54) is 10.9 Å². The number of H-pyrrole nitrogens is 1. The molecule has 5 heteroatoms. The first-order chi connectivity index (χ1) is 11.3. The van der Waals surface area contributed by atoms with Crippen molar-refractivity contribution >= 4 is 34.9 Å². The van der Waals surface area contributed by atoms with Crippen molar-refractivity contribution in [1.29, 1.82) is 0 Å². The first-order valence-electron chi connectivity index (χ1n) is 7.98. The van der Waals surface area contributed by atoms with Crippen LogP contribution < -0.4 is 4.90 Å². The highest BCUT2D eigenvalue weighted by atomic mass is 35.5. The Hall–Kier alpha value is -2.46. The summed E-state index contributed by atoms with van der Waals surface area (Å²) in [5.41, 5.74) is 5.46. The SMILES string of the molecule is CN1c2ccccc2C(=O)N2CCc3c([nH]c4ccccc34)[C@@H]21.Cl. The summed E-state index contributed by atoms with van der Waals surface area (Å²) in [7, 11) is 2.07. The predicted octanol–water partition coefficient (Wildman–Crippen LogP) is 3.74. The van der Waals surface area contributed by atoms with Crippen LogP contribution in [0.2, 0.25) is 0 Å². The van der Waals surface area contributed by atoms with Gasteiger partial charge in [-0.1, -0.05) is 30.3 Å². The van der Waals surface area contributed by atoms with E-state index in [1.54, 1.807) is 0 Å². The summed E-state index contributed by atoms with van der Waals surface area (Å²) >= 11 is 0. The van der Waals surface area contributed by atoms with E-state index < -0.39 is 0 Å². The van der Waals surface area contributed by atoms with Crippen molar-refractivity contribution in [2.45, 2.75) is 12.6 Å². The van der Waals surface area contributed by atoms with Crippen LogP contribution >= 0.6 is 12.4 Å². The maximum Gasteiger partial charge on any atom is 0.257 e. The zero-order valence-corrected chi connectivity index (χ0v) is 14.1. The molecule has 0 fully saturated rings. The van der Waals surface area contributed by atoms with Crippen LogP contribution in [-0.2, 0) is 6.42 Å². The van der Waals surface area contributed by atoms with Gasteiger partial charge in [-0.15, -0.1) is 12.4 Å². The zero-order chi connectivity index (χ0) is 15.6. The number of nitrogens with zero attached hydrogens (tertiary/aromatic N) is 2. The average Bonchev–Trinajstić information content (AvgIpc) is 2.98. The molecule has 0 saturated heterocycles. The molecule has 0 aliphatic carbocycles. The molecule has 3 aromatic rings. The number of aromatic amines is 1. The first-order valence-corrected chi connectivity index (χ1v) is 7.98. The molecule has 2 aromatic carbocycles. The summed E-state index contributed by atoms with van der Waals surface area (Å²) in [6.45, 7) is 0.761. The molecule has 0 unspecified atom stereocenters. The van der Waals surface area contributed by atoms with Gasteiger partial charge in [0.2, 0.25) is 0 Å². The van der Waals surface area contributed by atoms with E-state index in [0.717, 1.165) is 35.4 Å². The molecule has 122 valence electrons. The molecule has 0 saturated carbocycles. The second-order valence-electron chi connectivity index (χ2n) is 6.31. The third-order valence-corrected chi connectivity index (χ3v) is 5.14. The van der Waals surface area contributed by atoms with Crippen LogP contribution in [0.3, 0.4) is 0 Å². The minimum atomic E-state index is -0.0476. The molecule has 0 bridgehead atoms. The molecule has 2 aliphatic rings. The number of nitrogens with one attached hydrogen (secondary N) is 1. The summed E-state index contributed by atoms with van der Waals surface area (Å²) in [4.78, 5) is 20.7. The average molecular weight is 340 g/mol. The maximum atomic E-state index is 12.9. The molecule has 1 aromatic heterocycles. The van der Waals surface area contributed by atoms with Crippen LogP contribution in [0, 0.1) is 0 Å². The van der Waals surface area contributed by atoms with E-state index in [2.05, 4.69) is 35.1 Å². The van der Waals surface area contributed by atoms with E-state index in [-0.39, 0.29) is 24.5 Å². The summed E-state index contributed by atoms with van der Waals surface area (Å²) in [5.74, 6) is 0.132. The predicted molar refractivity (Wildman–Crippen MR) is 97.9 cm³/mol. The molecule has 5 rings (SSSR count). The number of hydrogen-bond donors (Lipinski definition) is 1. The smallest absolute Gasteiger partial charge is 0.257 e. The van der Waals surface area contributed by atoms with Gasteiger partial charge in [-0.25, -0.2) is 0 Å². The highest BCUT2D eigenvalue weighted by Gasteiger charge is 2.41. The molecule has 4 nitrogen and oxygen atoms in total. The first kappa shape index (κ1) is 15.1. The molecule has 2 aliphatic heterocycles. The Morgan fingerprint density at radius 2 is 1.83 bits per heavy atom. The number of carbonyl (C=O) groups is 1. The van der Waals surface area contributed by atoms with Gasteiger partial charge in [0.25, 0.3) is 5.91 Å². The minimum absolute atomic E-state index is 0. The Labute approximate surface area is 146 Å². The normalized spacial score (nSPS) is 18.7. The van der Waals surface area contributed by atoms with Crippen LogP contribution in [0.1, 0.15) is 27.8 Å². The second kappa shape index (κ2) is 5.28. The summed E-state index contributed by atoms with van der Waals surface area (Å²) in [6.07, 6.45) is 0.853. The van der Waals surface area contributed by atoms with Gasteiger partial charge in [-0.3, -0.25) is 4.79 Å². The van der Waals surface area contributed by atoms with Crippen LogP contribution in [0.5, 0.6) is 0 Å². The molecule has 1 N–H and O–H groups in total. The second-order valence-corrected chi connectivity index (χ2v) is 6.31. The molecule has 1 amide bonds. The zero-order valence-electron chi connectivity index (χ0n) is 13.3. The van der Waals surface area contributed by atoms with Crippen LogP contribution in [0.15, 0.2) is 48.5 Å². The van der Waals surface area contributed by atoms with Gasteiger partial charge in [-0.2, -0.15) is 0 Å².